The van der Waals surface area contributed by atoms with Gasteiger partial charge in [-0.1, -0.05) is 19.0 Å². The summed E-state index contributed by atoms with van der Waals surface area (Å²) in [5, 5.41) is 11.3. The maximum atomic E-state index is 14.2. The molecule has 0 radical (unpaired) electrons. The Kier molecular flexibility index (Phi) is 4.65. The average Bonchev–Trinajstić information content (AvgIpc) is 2.46. The lowest BCUT2D eigenvalue weighted by Gasteiger charge is -2.35. The van der Waals surface area contributed by atoms with Crippen LogP contribution in [0.2, 0.25) is 0 Å². The molecule has 1 saturated heterocycles. The van der Waals surface area contributed by atoms with Gasteiger partial charge in [0.05, 0.1) is 0 Å². The van der Waals surface area contributed by atoms with Gasteiger partial charge in [-0.25, -0.2) is 8.78 Å². The molecule has 1 aliphatic rings. The number of anilines is 1. The van der Waals surface area contributed by atoms with Crippen LogP contribution < -0.4 is 10.6 Å². The van der Waals surface area contributed by atoms with E-state index >= 15 is 0 Å². The van der Waals surface area contributed by atoms with Crippen LogP contribution in [0.5, 0.6) is 0 Å². The van der Waals surface area contributed by atoms with Crippen molar-refractivity contribution in [3.8, 4) is 0 Å². The number of hydrogen-bond donors (Lipinski definition) is 2. The molecule has 0 spiro atoms. The lowest BCUT2D eigenvalue weighted by Crippen LogP contribution is -2.36. The van der Waals surface area contributed by atoms with E-state index in [2.05, 4.69) is 19.0 Å². The van der Waals surface area contributed by atoms with E-state index in [0.717, 1.165) is 25.0 Å². The summed E-state index contributed by atoms with van der Waals surface area (Å²) in [6.45, 7) is 5.62. The maximum absolute atomic E-state index is 14.2. The van der Waals surface area contributed by atoms with Gasteiger partial charge >= 0.3 is 0 Å². The summed E-state index contributed by atoms with van der Waals surface area (Å²) in [7, 11) is 0. The van der Waals surface area contributed by atoms with Gasteiger partial charge < -0.3 is 15.8 Å². The molecule has 0 amide bonds. The number of rotatable bonds is 3. The minimum Gasteiger partial charge on any atom is -0.409 e. The molecule has 21 heavy (non-hydrogen) atoms. The molecule has 0 aromatic heterocycles. The van der Waals surface area contributed by atoms with Gasteiger partial charge in [0.15, 0.2) is 5.84 Å². The Bertz CT molecular complexity index is 515. The first-order valence-corrected chi connectivity index (χ1v) is 7.16. The summed E-state index contributed by atoms with van der Waals surface area (Å²) in [5.41, 5.74) is 5.38. The first-order valence-electron chi connectivity index (χ1n) is 7.16. The molecule has 1 fully saturated rings. The van der Waals surface area contributed by atoms with E-state index in [1.807, 2.05) is 0 Å². The zero-order valence-electron chi connectivity index (χ0n) is 12.3. The fourth-order valence-corrected chi connectivity index (χ4v) is 2.86. The summed E-state index contributed by atoms with van der Waals surface area (Å²) in [6.07, 6.45) is 1.86. The number of nitrogens with zero attached hydrogens (tertiary/aromatic N) is 2. The molecule has 6 heteroatoms. The number of hydrogen-bond acceptors (Lipinski definition) is 3. The number of amidine groups is 1. The van der Waals surface area contributed by atoms with Crippen LogP contribution in [0.25, 0.3) is 0 Å². The maximum Gasteiger partial charge on any atom is 0.170 e. The Hall–Kier alpha value is -1.85. The topological polar surface area (TPSA) is 61.8 Å². The van der Waals surface area contributed by atoms with E-state index in [0.29, 0.717) is 24.9 Å². The highest BCUT2D eigenvalue weighted by Crippen LogP contribution is 2.31. The van der Waals surface area contributed by atoms with Crippen LogP contribution in [0, 0.1) is 23.5 Å². The summed E-state index contributed by atoms with van der Waals surface area (Å²) in [6, 6.07) is 2.20. The molecule has 2 rings (SSSR count). The predicted octanol–water partition coefficient (Wildman–Crippen LogP) is 2.93. The third kappa shape index (κ3) is 3.25. The van der Waals surface area contributed by atoms with Crippen LogP contribution in [0.1, 0.15) is 32.3 Å². The second kappa shape index (κ2) is 6.28. The molecule has 1 heterocycles. The highest BCUT2D eigenvalue weighted by atomic mass is 19.1. The highest BCUT2D eigenvalue weighted by Gasteiger charge is 2.25. The normalized spacial score (nSPS) is 17.6. The SMILES string of the molecule is CC(C)C1CCN(c2c(F)cc(C(N)=NO)cc2F)CC1. The Balaban J connectivity index is 2.22. The van der Waals surface area contributed by atoms with Crippen molar-refractivity contribution in [3.05, 3.63) is 29.3 Å². The van der Waals surface area contributed by atoms with Crippen LogP contribution in [0.3, 0.4) is 0 Å². The van der Waals surface area contributed by atoms with Gasteiger partial charge in [-0.15, -0.1) is 0 Å². The zero-order valence-corrected chi connectivity index (χ0v) is 12.3. The second-order valence-corrected chi connectivity index (χ2v) is 5.84. The molecule has 3 N–H and O–H groups in total. The van der Waals surface area contributed by atoms with E-state index in [-0.39, 0.29) is 17.1 Å². The molecule has 1 aromatic carbocycles. The van der Waals surface area contributed by atoms with E-state index < -0.39 is 11.6 Å². The first-order chi connectivity index (χ1) is 9.93. The molecule has 1 aromatic rings. The Labute approximate surface area is 123 Å². The molecule has 0 bridgehead atoms. The van der Waals surface area contributed by atoms with Crippen molar-refractivity contribution in [2.24, 2.45) is 22.7 Å². The van der Waals surface area contributed by atoms with Crippen molar-refractivity contribution in [2.45, 2.75) is 26.7 Å². The van der Waals surface area contributed by atoms with Gasteiger partial charge in [-0.05, 0) is 36.8 Å². The number of benzene rings is 1. The van der Waals surface area contributed by atoms with Crippen molar-refractivity contribution >= 4 is 11.5 Å². The number of oxime groups is 1. The summed E-state index contributed by atoms with van der Waals surface area (Å²) in [4.78, 5) is 1.74. The van der Waals surface area contributed by atoms with E-state index in [9.17, 15) is 8.78 Å². The van der Waals surface area contributed by atoms with Crippen LogP contribution in [-0.4, -0.2) is 24.1 Å². The fourth-order valence-electron chi connectivity index (χ4n) is 2.86. The largest absolute Gasteiger partial charge is 0.409 e. The smallest absolute Gasteiger partial charge is 0.170 e. The molecular weight excluding hydrogens is 276 g/mol. The third-order valence-electron chi connectivity index (χ3n) is 4.22. The molecule has 0 atom stereocenters. The molecular formula is C15H21F2N3O. The molecule has 0 unspecified atom stereocenters. The molecule has 4 nitrogen and oxygen atoms in total. The second-order valence-electron chi connectivity index (χ2n) is 5.84. The van der Waals surface area contributed by atoms with Crippen molar-refractivity contribution < 1.29 is 14.0 Å². The van der Waals surface area contributed by atoms with Gasteiger partial charge in [-0.3, -0.25) is 0 Å². The standard InChI is InChI=1S/C15H21F2N3O/c1-9(2)10-3-5-20(6-4-10)14-12(16)7-11(8-13(14)17)15(18)19-21/h7-10,21H,3-6H2,1-2H3,(H2,18,19). The molecule has 0 aliphatic carbocycles. The predicted molar refractivity (Wildman–Crippen MR) is 78.6 cm³/mol. The summed E-state index contributed by atoms with van der Waals surface area (Å²) in [5.74, 6) is -0.481. The van der Waals surface area contributed by atoms with Crippen LogP contribution in [0.4, 0.5) is 14.5 Å². The van der Waals surface area contributed by atoms with Gasteiger partial charge in [0.2, 0.25) is 0 Å². The monoisotopic (exact) mass is 297 g/mol. The van der Waals surface area contributed by atoms with E-state index in [1.54, 1.807) is 4.90 Å². The lowest BCUT2D eigenvalue weighted by molar-refractivity contribution is 0.309. The molecule has 0 saturated carbocycles. The lowest BCUT2D eigenvalue weighted by atomic mass is 9.86. The number of piperidine rings is 1. The summed E-state index contributed by atoms with van der Waals surface area (Å²) >= 11 is 0. The minimum absolute atomic E-state index is 0.0216. The third-order valence-corrected chi connectivity index (χ3v) is 4.22. The average molecular weight is 297 g/mol. The van der Waals surface area contributed by atoms with Crippen molar-refractivity contribution in [3.63, 3.8) is 0 Å². The number of nitrogens with two attached hydrogens (primary N) is 1. The Morgan fingerprint density at radius 1 is 1.29 bits per heavy atom. The number of halogens is 2. The first kappa shape index (κ1) is 15.5. The van der Waals surface area contributed by atoms with Crippen LogP contribution in [0.15, 0.2) is 17.3 Å². The van der Waals surface area contributed by atoms with Crippen molar-refractivity contribution in [1.82, 2.24) is 0 Å². The Morgan fingerprint density at radius 2 is 1.81 bits per heavy atom. The zero-order chi connectivity index (χ0) is 15.6. The minimum atomic E-state index is -0.681. The Morgan fingerprint density at radius 3 is 2.24 bits per heavy atom. The van der Waals surface area contributed by atoms with Crippen LogP contribution >= 0.6 is 0 Å². The van der Waals surface area contributed by atoms with Gasteiger partial charge in [0.1, 0.15) is 17.3 Å². The van der Waals surface area contributed by atoms with Gasteiger partial charge in [0, 0.05) is 18.7 Å². The van der Waals surface area contributed by atoms with Crippen molar-refractivity contribution in [2.75, 3.05) is 18.0 Å². The highest BCUT2D eigenvalue weighted by molar-refractivity contribution is 5.97. The fraction of sp³-hybridized carbons (Fsp3) is 0.533. The van der Waals surface area contributed by atoms with Gasteiger partial charge in [-0.2, -0.15) is 0 Å². The van der Waals surface area contributed by atoms with Crippen LogP contribution in [-0.2, 0) is 0 Å². The van der Waals surface area contributed by atoms with Gasteiger partial charge in [0.25, 0.3) is 0 Å². The van der Waals surface area contributed by atoms with E-state index in [1.165, 1.54) is 0 Å². The quantitative estimate of drug-likeness (QED) is 0.390. The molecule has 116 valence electrons. The molecule has 1 aliphatic heterocycles. The van der Waals surface area contributed by atoms with Crippen molar-refractivity contribution in [1.29, 1.82) is 0 Å². The van der Waals surface area contributed by atoms with E-state index in [4.69, 9.17) is 10.9 Å². The summed E-state index contributed by atoms with van der Waals surface area (Å²) < 4.78 is 28.3.